The smallest absolute Gasteiger partial charge is 0.405 e. The van der Waals surface area contributed by atoms with Gasteiger partial charge < -0.3 is 4.74 Å². The summed E-state index contributed by atoms with van der Waals surface area (Å²) in [5.41, 5.74) is -0.00645. The SMILES string of the molecule is Cc1ccccc1C(Cl)OC(=O)Cl. The summed E-state index contributed by atoms with van der Waals surface area (Å²) < 4.78 is 4.61. The van der Waals surface area contributed by atoms with E-state index < -0.39 is 11.0 Å². The third-order valence-electron chi connectivity index (χ3n) is 1.63. The number of alkyl halides is 1. The molecule has 1 aromatic rings. The Morgan fingerprint density at radius 3 is 2.62 bits per heavy atom. The van der Waals surface area contributed by atoms with Crippen molar-refractivity contribution in [2.24, 2.45) is 0 Å². The van der Waals surface area contributed by atoms with E-state index in [9.17, 15) is 4.79 Å². The van der Waals surface area contributed by atoms with Crippen LogP contribution in [0.1, 0.15) is 16.7 Å². The summed E-state index contributed by atoms with van der Waals surface area (Å²) >= 11 is 10.8. The molecule has 0 radical (unpaired) electrons. The zero-order valence-corrected chi connectivity index (χ0v) is 8.47. The first-order valence-electron chi connectivity index (χ1n) is 3.67. The normalized spacial score (nSPS) is 12.2. The highest BCUT2D eigenvalue weighted by atomic mass is 35.5. The van der Waals surface area contributed by atoms with Gasteiger partial charge in [-0.1, -0.05) is 35.9 Å². The second-order valence-electron chi connectivity index (χ2n) is 2.53. The van der Waals surface area contributed by atoms with Crippen molar-refractivity contribution in [3.05, 3.63) is 35.4 Å². The lowest BCUT2D eigenvalue weighted by Gasteiger charge is -2.10. The molecule has 0 fully saturated rings. The number of aryl methyl sites for hydroxylation is 1. The third kappa shape index (κ3) is 2.90. The van der Waals surface area contributed by atoms with Gasteiger partial charge in [0.2, 0.25) is 5.56 Å². The van der Waals surface area contributed by atoms with Crippen molar-refractivity contribution in [1.29, 1.82) is 0 Å². The number of carbonyl (C=O) groups is 1. The van der Waals surface area contributed by atoms with Crippen LogP contribution >= 0.6 is 23.2 Å². The van der Waals surface area contributed by atoms with Crippen LogP contribution in [0.15, 0.2) is 24.3 Å². The second-order valence-corrected chi connectivity index (χ2v) is 3.23. The number of hydrogen-bond acceptors (Lipinski definition) is 2. The van der Waals surface area contributed by atoms with E-state index in [1.807, 2.05) is 25.1 Å². The van der Waals surface area contributed by atoms with Gasteiger partial charge in [0.1, 0.15) is 0 Å². The molecule has 0 aliphatic heterocycles. The summed E-state index contributed by atoms with van der Waals surface area (Å²) in [6, 6.07) is 7.37. The maximum absolute atomic E-state index is 10.4. The van der Waals surface area contributed by atoms with Gasteiger partial charge >= 0.3 is 5.43 Å². The fourth-order valence-electron chi connectivity index (χ4n) is 0.986. The van der Waals surface area contributed by atoms with Gasteiger partial charge in [0.15, 0.2) is 0 Å². The van der Waals surface area contributed by atoms with Crippen molar-refractivity contribution >= 4 is 28.6 Å². The molecule has 0 aromatic heterocycles. The monoisotopic (exact) mass is 218 g/mol. The molecule has 13 heavy (non-hydrogen) atoms. The molecular weight excluding hydrogens is 211 g/mol. The minimum Gasteiger partial charge on any atom is -0.429 e. The van der Waals surface area contributed by atoms with Crippen LogP contribution in [0.3, 0.4) is 0 Å². The number of ether oxygens (including phenoxy) is 1. The van der Waals surface area contributed by atoms with E-state index in [1.54, 1.807) is 6.07 Å². The molecule has 0 saturated heterocycles. The molecule has 4 heteroatoms. The maximum Gasteiger partial charge on any atom is 0.405 e. The third-order valence-corrected chi connectivity index (χ3v) is 2.04. The van der Waals surface area contributed by atoms with Gasteiger partial charge in [0.05, 0.1) is 0 Å². The summed E-state index contributed by atoms with van der Waals surface area (Å²) in [5.74, 6) is 0. The van der Waals surface area contributed by atoms with E-state index >= 15 is 0 Å². The molecule has 0 amide bonds. The van der Waals surface area contributed by atoms with Crippen molar-refractivity contribution in [2.45, 2.75) is 12.5 Å². The summed E-state index contributed by atoms with van der Waals surface area (Å²) in [5, 5.41) is 0. The van der Waals surface area contributed by atoms with E-state index in [2.05, 4.69) is 4.74 Å². The average molecular weight is 219 g/mol. The Balaban J connectivity index is 2.82. The summed E-state index contributed by atoms with van der Waals surface area (Å²) in [6.07, 6.45) is 0. The minimum atomic E-state index is -0.900. The van der Waals surface area contributed by atoms with E-state index in [0.29, 0.717) is 0 Å². The van der Waals surface area contributed by atoms with Gasteiger partial charge in [-0.25, -0.2) is 4.79 Å². The molecule has 2 nitrogen and oxygen atoms in total. The lowest BCUT2D eigenvalue weighted by molar-refractivity contribution is 0.160. The molecule has 0 bridgehead atoms. The van der Waals surface area contributed by atoms with Crippen LogP contribution in [-0.2, 0) is 4.74 Å². The van der Waals surface area contributed by atoms with E-state index in [-0.39, 0.29) is 0 Å². The Bertz CT molecular complexity index is 312. The minimum absolute atomic E-state index is 0.748. The Hall–Kier alpha value is -0.730. The fraction of sp³-hybridized carbons (Fsp3) is 0.222. The van der Waals surface area contributed by atoms with Crippen LogP contribution in [0.25, 0.3) is 0 Å². The fourth-order valence-corrected chi connectivity index (χ4v) is 1.45. The standard InChI is InChI=1S/C9H8Cl2O2/c1-6-4-2-3-5-7(6)8(10)13-9(11)12/h2-5,8H,1H3. The molecule has 1 atom stereocenters. The van der Waals surface area contributed by atoms with Crippen LogP contribution in [0, 0.1) is 6.92 Å². The van der Waals surface area contributed by atoms with Crippen molar-refractivity contribution in [2.75, 3.05) is 0 Å². The number of hydrogen-bond donors (Lipinski definition) is 0. The van der Waals surface area contributed by atoms with Crippen molar-refractivity contribution in [1.82, 2.24) is 0 Å². The van der Waals surface area contributed by atoms with Crippen molar-refractivity contribution in [3.8, 4) is 0 Å². The molecular formula is C9H8Cl2O2. The highest BCUT2D eigenvalue weighted by Crippen LogP contribution is 2.25. The number of halogens is 2. The molecule has 70 valence electrons. The van der Waals surface area contributed by atoms with E-state index in [0.717, 1.165) is 11.1 Å². The predicted octanol–water partition coefficient (Wildman–Crippen LogP) is 3.61. The molecule has 0 aliphatic carbocycles. The Kier molecular flexibility index (Phi) is 3.58. The lowest BCUT2D eigenvalue weighted by Crippen LogP contribution is -2.00. The molecule has 1 unspecified atom stereocenters. The van der Waals surface area contributed by atoms with Gasteiger partial charge in [-0.05, 0) is 12.5 Å². The Morgan fingerprint density at radius 1 is 1.46 bits per heavy atom. The van der Waals surface area contributed by atoms with E-state index in [1.165, 1.54) is 0 Å². The lowest BCUT2D eigenvalue weighted by atomic mass is 10.1. The molecule has 0 saturated carbocycles. The zero-order valence-electron chi connectivity index (χ0n) is 6.96. The number of benzene rings is 1. The Labute approximate surface area is 86.4 Å². The average Bonchev–Trinajstić information content (AvgIpc) is 2.03. The quantitative estimate of drug-likeness (QED) is 0.561. The van der Waals surface area contributed by atoms with Crippen LogP contribution in [0.4, 0.5) is 4.79 Å². The summed E-state index contributed by atoms with van der Waals surface area (Å²) in [7, 11) is 0. The first-order chi connectivity index (χ1) is 6.11. The molecule has 0 spiro atoms. The van der Waals surface area contributed by atoms with Gasteiger partial charge in [-0.3, -0.25) is 0 Å². The maximum atomic E-state index is 10.4. The van der Waals surface area contributed by atoms with Crippen molar-refractivity contribution < 1.29 is 9.53 Å². The number of carbonyl (C=O) groups excluding carboxylic acids is 1. The first-order valence-corrected chi connectivity index (χ1v) is 4.48. The largest absolute Gasteiger partial charge is 0.429 e. The first kappa shape index (κ1) is 10.4. The highest BCUT2D eigenvalue weighted by molar-refractivity contribution is 6.61. The van der Waals surface area contributed by atoms with Crippen LogP contribution in [0.2, 0.25) is 0 Å². The van der Waals surface area contributed by atoms with Crippen LogP contribution < -0.4 is 0 Å². The van der Waals surface area contributed by atoms with Gasteiger partial charge in [0, 0.05) is 17.2 Å². The molecule has 1 aromatic carbocycles. The van der Waals surface area contributed by atoms with Crippen LogP contribution in [-0.4, -0.2) is 5.43 Å². The molecule has 0 aliphatic rings. The second kappa shape index (κ2) is 4.49. The molecule has 0 heterocycles. The van der Waals surface area contributed by atoms with Gasteiger partial charge in [-0.2, -0.15) is 0 Å². The number of rotatable bonds is 2. The predicted molar refractivity (Wildman–Crippen MR) is 52.1 cm³/mol. The van der Waals surface area contributed by atoms with Gasteiger partial charge in [0.25, 0.3) is 0 Å². The summed E-state index contributed by atoms with van der Waals surface area (Å²) in [4.78, 5) is 10.4. The molecule has 0 N–H and O–H groups in total. The van der Waals surface area contributed by atoms with Gasteiger partial charge in [-0.15, -0.1) is 0 Å². The van der Waals surface area contributed by atoms with Crippen molar-refractivity contribution in [3.63, 3.8) is 0 Å². The van der Waals surface area contributed by atoms with Crippen LogP contribution in [0.5, 0.6) is 0 Å². The van der Waals surface area contributed by atoms with E-state index in [4.69, 9.17) is 23.2 Å². The zero-order chi connectivity index (χ0) is 9.84. The summed E-state index contributed by atoms with van der Waals surface area (Å²) in [6.45, 7) is 1.88. The topological polar surface area (TPSA) is 26.3 Å². The Morgan fingerprint density at radius 2 is 2.08 bits per heavy atom. The molecule has 1 rings (SSSR count). The highest BCUT2D eigenvalue weighted by Gasteiger charge is 2.13.